The third kappa shape index (κ3) is 3.12. The molecule has 1 aliphatic carbocycles. The molecular formula is C16H24N2O2. The lowest BCUT2D eigenvalue weighted by atomic mass is 10.0. The highest BCUT2D eigenvalue weighted by molar-refractivity contribution is 5.97. The van der Waals surface area contributed by atoms with Crippen LogP contribution in [-0.2, 0) is 4.79 Å². The molecule has 0 bridgehead atoms. The fourth-order valence-corrected chi connectivity index (χ4v) is 2.54. The third-order valence-electron chi connectivity index (χ3n) is 4.14. The zero-order valence-electron chi connectivity index (χ0n) is 12.5. The van der Waals surface area contributed by atoms with Gasteiger partial charge in [0.1, 0.15) is 5.60 Å². The lowest BCUT2D eigenvalue weighted by Crippen LogP contribution is -2.40. The SMILES string of the molecule is CC(C)N(C)c1cccc(NC(=O)C2(O)CCCC2)c1. The highest BCUT2D eigenvalue weighted by Crippen LogP contribution is 2.31. The summed E-state index contributed by atoms with van der Waals surface area (Å²) in [5, 5.41) is 13.1. The average Bonchev–Trinajstić information content (AvgIpc) is 2.86. The molecule has 1 saturated carbocycles. The molecule has 0 atom stereocenters. The summed E-state index contributed by atoms with van der Waals surface area (Å²) in [4.78, 5) is 14.3. The van der Waals surface area contributed by atoms with Crippen molar-refractivity contribution in [2.24, 2.45) is 0 Å². The van der Waals surface area contributed by atoms with Gasteiger partial charge in [-0.1, -0.05) is 6.07 Å². The van der Waals surface area contributed by atoms with Crippen LogP contribution in [0.5, 0.6) is 0 Å². The van der Waals surface area contributed by atoms with Gasteiger partial charge >= 0.3 is 0 Å². The van der Waals surface area contributed by atoms with Crippen molar-refractivity contribution < 1.29 is 9.90 Å². The van der Waals surface area contributed by atoms with Gasteiger partial charge in [0.2, 0.25) is 0 Å². The molecular weight excluding hydrogens is 252 g/mol. The summed E-state index contributed by atoms with van der Waals surface area (Å²) in [6, 6.07) is 8.12. The summed E-state index contributed by atoms with van der Waals surface area (Å²) in [6.07, 6.45) is 2.95. The van der Waals surface area contributed by atoms with Gasteiger partial charge in [0.05, 0.1) is 0 Å². The topological polar surface area (TPSA) is 52.6 Å². The lowest BCUT2D eigenvalue weighted by Gasteiger charge is -2.25. The Kier molecular flexibility index (Phi) is 4.33. The van der Waals surface area contributed by atoms with E-state index in [1.807, 2.05) is 31.3 Å². The van der Waals surface area contributed by atoms with Crippen LogP contribution in [0.1, 0.15) is 39.5 Å². The maximum atomic E-state index is 12.2. The zero-order chi connectivity index (χ0) is 14.8. The summed E-state index contributed by atoms with van der Waals surface area (Å²) in [7, 11) is 2.02. The number of anilines is 2. The molecule has 1 aromatic carbocycles. The Labute approximate surface area is 120 Å². The number of rotatable bonds is 4. The summed E-state index contributed by atoms with van der Waals surface area (Å²) in [6.45, 7) is 4.24. The van der Waals surface area contributed by atoms with Crippen molar-refractivity contribution in [1.82, 2.24) is 0 Å². The van der Waals surface area contributed by atoms with E-state index in [0.717, 1.165) is 24.2 Å². The summed E-state index contributed by atoms with van der Waals surface area (Å²) < 4.78 is 0. The van der Waals surface area contributed by atoms with E-state index in [4.69, 9.17) is 0 Å². The minimum absolute atomic E-state index is 0.278. The molecule has 0 aromatic heterocycles. The van der Waals surface area contributed by atoms with Crippen molar-refractivity contribution >= 4 is 17.3 Å². The molecule has 1 aliphatic rings. The second kappa shape index (κ2) is 5.83. The molecule has 1 fully saturated rings. The van der Waals surface area contributed by atoms with Crippen LogP contribution in [0, 0.1) is 0 Å². The smallest absolute Gasteiger partial charge is 0.256 e. The molecule has 0 heterocycles. The van der Waals surface area contributed by atoms with Gasteiger partial charge in [0.25, 0.3) is 5.91 Å². The predicted molar refractivity (Wildman–Crippen MR) is 82.0 cm³/mol. The number of benzene rings is 1. The number of nitrogens with zero attached hydrogens (tertiary/aromatic N) is 1. The van der Waals surface area contributed by atoms with Crippen molar-refractivity contribution in [3.63, 3.8) is 0 Å². The summed E-state index contributed by atoms with van der Waals surface area (Å²) in [5.41, 5.74) is 0.608. The van der Waals surface area contributed by atoms with Gasteiger partial charge in [-0.2, -0.15) is 0 Å². The number of hydrogen-bond donors (Lipinski definition) is 2. The Morgan fingerprint density at radius 3 is 2.60 bits per heavy atom. The maximum absolute atomic E-state index is 12.2. The van der Waals surface area contributed by atoms with Crippen molar-refractivity contribution in [2.75, 3.05) is 17.3 Å². The number of nitrogens with one attached hydrogen (secondary N) is 1. The number of aliphatic hydroxyl groups is 1. The van der Waals surface area contributed by atoms with E-state index in [2.05, 4.69) is 24.1 Å². The monoisotopic (exact) mass is 276 g/mol. The van der Waals surface area contributed by atoms with E-state index in [1.54, 1.807) is 0 Å². The van der Waals surface area contributed by atoms with Crippen LogP contribution < -0.4 is 10.2 Å². The number of hydrogen-bond acceptors (Lipinski definition) is 3. The normalized spacial score (nSPS) is 17.2. The van der Waals surface area contributed by atoms with Gasteiger partial charge in [-0.05, 0) is 57.7 Å². The second-order valence-electron chi connectivity index (χ2n) is 5.95. The van der Waals surface area contributed by atoms with Crippen molar-refractivity contribution in [3.05, 3.63) is 24.3 Å². The van der Waals surface area contributed by atoms with Gasteiger partial charge in [-0.15, -0.1) is 0 Å². The first-order valence-corrected chi connectivity index (χ1v) is 7.29. The molecule has 0 saturated heterocycles. The Hall–Kier alpha value is -1.55. The molecule has 20 heavy (non-hydrogen) atoms. The molecule has 0 aliphatic heterocycles. The average molecular weight is 276 g/mol. The van der Waals surface area contributed by atoms with E-state index in [1.165, 1.54) is 0 Å². The van der Waals surface area contributed by atoms with E-state index < -0.39 is 5.60 Å². The minimum Gasteiger partial charge on any atom is -0.380 e. The van der Waals surface area contributed by atoms with E-state index in [-0.39, 0.29) is 5.91 Å². The van der Waals surface area contributed by atoms with Gasteiger partial charge in [-0.3, -0.25) is 4.79 Å². The Morgan fingerprint density at radius 2 is 2.00 bits per heavy atom. The first-order chi connectivity index (χ1) is 9.42. The lowest BCUT2D eigenvalue weighted by molar-refractivity contribution is -0.133. The van der Waals surface area contributed by atoms with Crippen LogP contribution in [0.3, 0.4) is 0 Å². The molecule has 1 amide bonds. The minimum atomic E-state index is -1.18. The molecule has 4 nitrogen and oxygen atoms in total. The van der Waals surface area contributed by atoms with Crippen LogP contribution >= 0.6 is 0 Å². The van der Waals surface area contributed by atoms with Crippen molar-refractivity contribution in [3.8, 4) is 0 Å². The Morgan fingerprint density at radius 1 is 1.35 bits per heavy atom. The maximum Gasteiger partial charge on any atom is 0.256 e. The largest absolute Gasteiger partial charge is 0.380 e. The van der Waals surface area contributed by atoms with Gasteiger partial charge in [-0.25, -0.2) is 0 Å². The second-order valence-corrected chi connectivity index (χ2v) is 5.95. The van der Waals surface area contributed by atoms with Crippen LogP contribution in [0.2, 0.25) is 0 Å². The Bertz CT molecular complexity index is 479. The van der Waals surface area contributed by atoms with Gasteiger partial charge in [0, 0.05) is 24.5 Å². The molecule has 0 radical (unpaired) electrons. The molecule has 110 valence electrons. The highest BCUT2D eigenvalue weighted by Gasteiger charge is 2.38. The number of amides is 1. The molecule has 2 rings (SSSR count). The summed E-state index contributed by atoms with van der Waals surface area (Å²) >= 11 is 0. The molecule has 4 heteroatoms. The highest BCUT2D eigenvalue weighted by atomic mass is 16.3. The number of carbonyl (C=O) groups is 1. The molecule has 1 aromatic rings. The fourth-order valence-electron chi connectivity index (χ4n) is 2.54. The summed E-state index contributed by atoms with van der Waals surface area (Å²) in [5.74, 6) is -0.278. The van der Waals surface area contributed by atoms with Crippen molar-refractivity contribution in [2.45, 2.75) is 51.2 Å². The quantitative estimate of drug-likeness (QED) is 0.889. The van der Waals surface area contributed by atoms with E-state index in [9.17, 15) is 9.90 Å². The number of carbonyl (C=O) groups excluding carboxylic acids is 1. The van der Waals surface area contributed by atoms with Crippen molar-refractivity contribution in [1.29, 1.82) is 0 Å². The van der Waals surface area contributed by atoms with E-state index in [0.29, 0.717) is 18.9 Å². The van der Waals surface area contributed by atoms with Gasteiger partial charge in [0.15, 0.2) is 0 Å². The van der Waals surface area contributed by atoms with Crippen LogP contribution in [0.4, 0.5) is 11.4 Å². The first kappa shape index (κ1) is 14.9. The molecule has 2 N–H and O–H groups in total. The first-order valence-electron chi connectivity index (χ1n) is 7.29. The standard InChI is InChI=1S/C16H24N2O2/c1-12(2)18(3)14-8-6-7-13(11-14)17-15(19)16(20)9-4-5-10-16/h6-8,11-12,20H,4-5,9-10H2,1-3H3,(H,17,19). The third-order valence-corrected chi connectivity index (χ3v) is 4.14. The Balaban J connectivity index is 2.10. The molecule has 0 unspecified atom stereocenters. The predicted octanol–water partition coefficient (Wildman–Crippen LogP) is 2.77. The fraction of sp³-hybridized carbons (Fsp3) is 0.562. The van der Waals surface area contributed by atoms with Crippen LogP contribution in [0.25, 0.3) is 0 Å². The molecule has 0 spiro atoms. The van der Waals surface area contributed by atoms with Gasteiger partial charge < -0.3 is 15.3 Å². The van der Waals surface area contributed by atoms with Crippen LogP contribution in [-0.4, -0.2) is 29.7 Å². The van der Waals surface area contributed by atoms with E-state index >= 15 is 0 Å². The van der Waals surface area contributed by atoms with Crippen LogP contribution in [0.15, 0.2) is 24.3 Å². The zero-order valence-corrected chi connectivity index (χ0v) is 12.5.